The van der Waals surface area contributed by atoms with Crippen molar-refractivity contribution in [1.29, 1.82) is 0 Å². The molecular formula is C14H21N. The quantitative estimate of drug-likeness (QED) is 0.593. The Bertz CT molecular complexity index is 316. The molecule has 0 saturated heterocycles. The highest BCUT2D eigenvalue weighted by Gasteiger charge is 2.04. The van der Waals surface area contributed by atoms with E-state index in [9.17, 15) is 0 Å². The molecule has 0 saturated carbocycles. The van der Waals surface area contributed by atoms with Gasteiger partial charge in [0.25, 0.3) is 0 Å². The zero-order valence-electron chi connectivity index (χ0n) is 10.2. The Morgan fingerprint density at radius 3 is 2.27 bits per heavy atom. The van der Waals surface area contributed by atoms with Crippen LogP contribution in [-0.4, -0.2) is 6.72 Å². The van der Waals surface area contributed by atoms with E-state index < -0.39 is 0 Å². The zero-order chi connectivity index (χ0) is 11.8. The summed E-state index contributed by atoms with van der Waals surface area (Å²) in [6, 6.07) is 0. The molecule has 0 fully saturated rings. The minimum absolute atomic E-state index is 0.452. The lowest BCUT2D eigenvalue weighted by atomic mass is 10.1. The summed E-state index contributed by atoms with van der Waals surface area (Å²) in [4.78, 5) is 3.98. The van der Waals surface area contributed by atoms with Crippen LogP contribution < -0.4 is 0 Å². The molecule has 0 aliphatic heterocycles. The molecule has 15 heavy (non-hydrogen) atoms. The Hall–Kier alpha value is -1.37. The topological polar surface area (TPSA) is 12.4 Å². The highest BCUT2D eigenvalue weighted by molar-refractivity contribution is 5.49. The van der Waals surface area contributed by atoms with Gasteiger partial charge in [-0.15, -0.1) is 0 Å². The first-order valence-electron chi connectivity index (χ1n) is 5.38. The highest BCUT2D eigenvalue weighted by atomic mass is 14.7. The van der Waals surface area contributed by atoms with E-state index in [1.807, 2.05) is 26.8 Å². The molecule has 1 unspecified atom stereocenters. The number of hydrogen-bond donors (Lipinski definition) is 0. The minimum atomic E-state index is 0.452. The third kappa shape index (κ3) is 4.11. The van der Waals surface area contributed by atoms with Crippen LogP contribution in [0.25, 0.3) is 0 Å². The Labute approximate surface area is 93.6 Å². The van der Waals surface area contributed by atoms with E-state index >= 15 is 0 Å². The molecule has 0 radical (unpaired) electrons. The molecule has 1 aliphatic carbocycles. The van der Waals surface area contributed by atoms with Gasteiger partial charge in [-0.2, -0.15) is 0 Å². The van der Waals surface area contributed by atoms with Gasteiger partial charge in [0.05, 0.1) is 5.70 Å². The second-order valence-corrected chi connectivity index (χ2v) is 3.31. The molecule has 1 rings (SSSR count). The predicted molar refractivity (Wildman–Crippen MR) is 70.2 cm³/mol. The van der Waals surface area contributed by atoms with Crippen LogP contribution in [-0.2, 0) is 0 Å². The molecule has 0 aromatic heterocycles. The molecule has 0 spiro atoms. The van der Waals surface area contributed by atoms with E-state index in [-0.39, 0.29) is 0 Å². The first-order valence-corrected chi connectivity index (χ1v) is 5.38. The molecule has 0 heterocycles. The van der Waals surface area contributed by atoms with Gasteiger partial charge in [-0.3, -0.25) is 4.99 Å². The molecule has 1 heteroatoms. The van der Waals surface area contributed by atoms with Crippen LogP contribution in [0.1, 0.15) is 27.7 Å². The molecule has 0 aromatic rings. The van der Waals surface area contributed by atoms with Crippen LogP contribution >= 0.6 is 0 Å². The second-order valence-electron chi connectivity index (χ2n) is 3.31. The van der Waals surface area contributed by atoms with Gasteiger partial charge in [-0.05, 0) is 31.2 Å². The largest absolute Gasteiger partial charge is 0.264 e. The normalized spacial score (nSPS) is 19.1. The van der Waals surface area contributed by atoms with Gasteiger partial charge in [-0.1, -0.05) is 45.6 Å². The van der Waals surface area contributed by atoms with Crippen LogP contribution in [0.5, 0.6) is 0 Å². The van der Waals surface area contributed by atoms with E-state index in [4.69, 9.17) is 0 Å². The second kappa shape index (κ2) is 6.99. The van der Waals surface area contributed by atoms with Crippen molar-refractivity contribution in [1.82, 2.24) is 0 Å². The summed E-state index contributed by atoms with van der Waals surface area (Å²) in [6.45, 7) is 15.6. The summed E-state index contributed by atoms with van der Waals surface area (Å²) in [5, 5.41) is 0. The zero-order valence-corrected chi connectivity index (χ0v) is 10.2. The van der Waals surface area contributed by atoms with Crippen molar-refractivity contribution in [2.45, 2.75) is 27.7 Å². The van der Waals surface area contributed by atoms with Crippen LogP contribution in [0.3, 0.4) is 0 Å². The lowest BCUT2D eigenvalue weighted by Crippen LogP contribution is -1.84. The van der Waals surface area contributed by atoms with E-state index in [2.05, 4.69) is 43.4 Å². The van der Waals surface area contributed by atoms with Gasteiger partial charge in [0.1, 0.15) is 0 Å². The smallest absolute Gasteiger partial charge is 0.0694 e. The Morgan fingerprint density at radius 1 is 1.27 bits per heavy atom. The fraction of sp³-hybridized carbons (Fsp3) is 0.357. The molecular weight excluding hydrogens is 182 g/mol. The maximum absolute atomic E-state index is 3.98. The lowest BCUT2D eigenvalue weighted by molar-refractivity contribution is 0.941. The fourth-order valence-corrected chi connectivity index (χ4v) is 1.23. The Kier molecular flexibility index (Phi) is 6.35. The first-order chi connectivity index (χ1) is 7.15. The molecule has 0 N–H and O–H groups in total. The van der Waals surface area contributed by atoms with Gasteiger partial charge in [-0.25, -0.2) is 0 Å². The van der Waals surface area contributed by atoms with Gasteiger partial charge >= 0.3 is 0 Å². The summed E-state index contributed by atoms with van der Waals surface area (Å²) in [6.07, 6.45) is 8.31. The molecule has 1 atom stereocenters. The van der Waals surface area contributed by atoms with Crippen molar-refractivity contribution in [3.8, 4) is 0 Å². The van der Waals surface area contributed by atoms with Crippen LogP contribution in [0, 0.1) is 5.92 Å². The summed E-state index contributed by atoms with van der Waals surface area (Å²) in [5.41, 5.74) is 3.01. The average molecular weight is 203 g/mol. The Morgan fingerprint density at radius 2 is 1.80 bits per heavy atom. The van der Waals surface area contributed by atoms with Crippen molar-refractivity contribution in [3.05, 3.63) is 47.7 Å². The number of allylic oxidation sites excluding steroid dienone is 6. The SMILES string of the molecule is C=NC1=C(C(=C)C)C=CC(C)C=C1.CC. The van der Waals surface area contributed by atoms with Crippen molar-refractivity contribution >= 4 is 6.72 Å². The standard InChI is InChI=1S/C12H15N.C2H6/c1-9(2)11-7-5-10(3)6-8-12(11)13-4;1-2/h5-8,10H,1,4H2,2-3H3;1-2H3. The summed E-state index contributed by atoms with van der Waals surface area (Å²) < 4.78 is 0. The fourth-order valence-electron chi connectivity index (χ4n) is 1.23. The van der Waals surface area contributed by atoms with E-state index in [1.165, 1.54) is 0 Å². The highest BCUT2D eigenvalue weighted by Crippen LogP contribution is 2.21. The van der Waals surface area contributed by atoms with Crippen molar-refractivity contribution in [2.75, 3.05) is 0 Å². The predicted octanol–water partition coefficient (Wildman–Crippen LogP) is 4.31. The summed E-state index contributed by atoms with van der Waals surface area (Å²) in [5.74, 6) is 0.452. The van der Waals surface area contributed by atoms with Gasteiger partial charge in [0, 0.05) is 5.57 Å². The molecule has 0 aromatic carbocycles. The van der Waals surface area contributed by atoms with Crippen LogP contribution in [0.4, 0.5) is 0 Å². The summed E-state index contributed by atoms with van der Waals surface area (Å²) >= 11 is 0. The van der Waals surface area contributed by atoms with Crippen LogP contribution in [0.2, 0.25) is 0 Å². The number of aliphatic imine (C=N–C) groups is 1. The van der Waals surface area contributed by atoms with Crippen molar-refractivity contribution in [3.63, 3.8) is 0 Å². The van der Waals surface area contributed by atoms with Gasteiger partial charge in [0.15, 0.2) is 0 Å². The van der Waals surface area contributed by atoms with E-state index in [0.29, 0.717) is 5.92 Å². The number of rotatable bonds is 2. The molecule has 0 bridgehead atoms. The van der Waals surface area contributed by atoms with Crippen LogP contribution in [0.15, 0.2) is 52.7 Å². The average Bonchev–Trinajstić information content (AvgIpc) is 2.43. The van der Waals surface area contributed by atoms with Crippen molar-refractivity contribution in [2.24, 2.45) is 10.9 Å². The molecule has 1 aliphatic rings. The molecule has 0 amide bonds. The van der Waals surface area contributed by atoms with Gasteiger partial charge in [0.2, 0.25) is 0 Å². The number of hydrogen-bond acceptors (Lipinski definition) is 1. The molecule has 1 nitrogen and oxygen atoms in total. The molecule has 82 valence electrons. The van der Waals surface area contributed by atoms with Crippen molar-refractivity contribution < 1.29 is 0 Å². The maximum atomic E-state index is 3.98. The van der Waals surface area contributed by atoms with Gasteiger partial charge < -0.3 is 0 Å². The van der Waals surface area contributed by atoms with E-state index in [1.54, 1.807) is 0 Å². The lowest BCUT2D eigenvalue weighted by Gasteiger charge is -2.02. The third-order valence-electron chi connectivity index (χ3n) is 2.03. The first kappa shape index (κ1) is 13.6. The summed E-state index contributed by atoms with van der Waals surface area (Å²) in [7, 11) is 0. The van der Waals surface area contributed by atoms with E-state index in [0.717, 1.165) is 16.8 Å². The third-order valence-corrected chi connectivity index (χ3v) is 2.03. The Balaban J connectivity index is 0.000000921. The minimum Gasteiger partial charge on any atom is -0.264 e. The monoisotopic (exact) mass is 203 g/mol. The number of nitrogens with zero attached hydrogens (tertiary/aromatic N) is 1. The maximum Gasteiger partial charge on any atom is 0.0694 e.